The molecule has 1 saturated heterocycles. The molecule has 0 aliphatic carbocycles. The molecule has 1 aliphatic heterocycles. The number of thiophene rings is 1. The molecule has 0 radical (unpaired) electrons. The van der Waals surface area contributed by atoms with Gasteiger partial charge in [-0.25, -0.2) is 0 Å². The molecule has 1 aromatic carbocycles. The predicted molar refractivity (Wildman–Crippen MR) is 93.4 cm³/mol. The minimum atomic E-state index is -0.00912. The Labute approximate surface area is 145 Å². The number of likely N-dealkylation sites (tertiary alicyclic amines) is 1. The number of amides is 1. The van der Waals surface area contributed by atoms with Crippen LogP contribution in [-0.4, -0.2) is 38.7 Å². The Morgan fingerprint density at radius 1 is 1.17 bits per heavy atom. The fourth-order valence-electron chi connectivity index (χ4n) is 3.16. The zero-order valence-corrected chi connectivity index (χ0v) is 14.9. The molecule has 1 fully saturated rings. The van der Waals surface area contributed by atoms with Crippen LogP contribution >= 0.6 is 11.3 Å². The maximum atomic E-state index is 13.1. The van der Waals surface area contributed by atoms with Crippen LogP contribution in [-0.2, 0) is 0 Å². The first kappa shape index (κ1) is 16.6. The van der Waals surface area contributed by atoms with Crippen molar-refractivity contribution in [3.63, 3.8) is 0 Å². The lowest BCUT2D eigenvalue weighted by atomic mass is 10.1. The summed E-state index contributed by atoms with van der Waals surface area (Å²) in [4.78, 5) is 16.2. The standard InChI is InChI=1S/C18H21NO4S/c1-21-14-10-12(11-15(22-2)17(14)23-3)18(20)19-8-4-6-13(19)16-7-5-9-24-16/h5,7,9-11,13H,4,6,8H2,1-3H3. The molecule has 1 atom stereocenters. The van der Waals surface area contributed by atoms with Gasteiger partial charge in [-0.2, -0.15) is 0 Å². The maximum Gasteiger partial charge on any atom is 0.254 e. The molecular formula is C18H21NO4S. The summed E-state index contributed by atoms with van der Waals surface area (Å²) in [6.45, 7) is 0.762. The first-order valence-corrected chi connectivity index (χ1v) is 8.72. The highest BCUT2D eigenvalue weighted by molar-refractivity contribution is 7.10. The molecule has 1 unspecified atom stereocenters. The van der Waals surface area contributed by atoms with Gasteiger partial charge in [-0.1, -0.05) is 6.07 Å². The van der Waals surface area contributed by atoms with Gasteiger partial charge in [0.05, 0.1) is 27.4 Å². The Bertz CT molecular complexity index is 689. The minimum Gasteiger partial charge on any atom is -0.493 e. The molecule has 1 amide bonds. The van der Waals surface area contributed by atoms with Crippen LogP contribution in [0.4, 0.5) is 0 Å². The van der Waals surface area contributed by atoms with Crippen LogP contribution in [0.3, 0.4) is 0 Å². The van der Waals surface area contributed by atoms with Crippen molar-refractivity contribution in [2.45, 2.75) is 18.9 Å². The summed E-state index contributed by atoms with van der Waals surface area (Å²) in [5, 5.41) is 2.05. The van der Waals surface area contributed by atoms with Crippen molar-refractivity contribution in [2.24, 2.45) is 0 Å². The second kappa shape index (κ2) is 7.13. The van der Waals surface area contributed by atoms with Gasteiger partial charge < -0.3 is 19.1 Å². The van der Waals surface area contributed by atoms with Crippen LogP contribution in [0.15, 0.2) is 29.6 Å². The van der Waals surface area contributed by atoms with Crippen LogP contribution in [0.25, 0.3) is 0 Å². The molecule has 1 aliphatic rings. The summed E-state index contributed by atoms with van der Waals surface area (Å²) < 4.78 is 16.0. The van der Waals surface area contributed by atoms with Crippen LogP contribution < -0.4 is 14.2 Å². The number of rotatable bonds is 5. The van der Waals surface area contributed by atoms with Gasteiger partial charge >= 0.3 is 0 Å². The number of benzene rings is 1. The van der Waals surface area contributed by atoms with E-state index in [0.717, 1.165) is 19.4 Å². The van der Waals surface area contributed by atoms with E-state index < -0.39 is 0 Å². The van der Waals surface area contributed by atoms with Crippen molar-refractivity contribution < 1.29 is 19.0 Å². The fourth-order valence-corrected chi connectivity index (χ4v) is 4.03. The van der Waals surface area contributed by atoms with Crippen molar-refractivity contribution in [3.05, 3.63) is 40.1 Å². The molecule has 2 heterocycles. The smallest absolute Gasteiger partial charge is 0.254 e. The topological polar surface area (TPSA) is 48.0 Å². The second-order valence-electron chi connectivity index (χ2n) is 5.59. The number of ether oxygens (including phenoxy) is 3. The average Bonchev–Trinajstić information content (AvgIpc) is 3.30. The van der Waals surface area contributed by atoms with E-state index >= 15 is 0 Å². The number of carbonyl (C=O) groups is 1. The molecule has 1 aromatic heterocycles. The molecule has 24 heavy (non-hydrogen) atoms. The molecular weight excluding hydrogens is 326 g/mol. The number of carbonyl (C=O) groups excluding carboxylic acids is 1. The fraction of sp³-hybridized carbons (Fsp3) is 0.389. The third kappa shape index (κ3) is 2.94. The summed E-state index contributed by atoms with van der Waals surface area (Å²) >= 11 is 1.69. The second-order valence-corrected chi connectivity index (χ2v) is 6.57. The maximum absolute atomic E-state index is 13.1. The Morgan fingerprint density at radius 2 is 1.88 bits per heavy atom. The molecule has 128 valence electrons. The Kier molecular flexibility index (Phi) is 4.94. The Balaban J connectivity index is 1.94. The molecule has 2 aromatic rings. The van der Waals surface area contributed by atoms with Crippen molar-refractivity contribution in [1.82, 2.24) is 4.90 Å². The van der Waals surface area contributed by atoms with Gasteiger partial charge in [-0.05, 0) is 36.4 Å². The minimum absolute atomic E-state index is 0.00912. The van der Waals surface area contributed by atoms with Gasteiger partial charge in [0.25, 0.3) is 5.91 Å². The van der Waals surface area contributed by atoms with Gasteiger partial charge in [0, 0.05) is 17.0 Å². The summed E-state index contributed by atoms with van der Waals surface area (Å²) in [5.74, 6) is 1.47. The first-order chi connectivity index (χ1) is 11.7. The number of hydrogen-bond acceptors (Lipinski definition) is 5. The van der Waals surface area contributed by atoms with Crippen LogP contribution in [0.1, 0.15) is 34.1 Å². The molecule has 6 heteroatoms. The quantitative estimate of drug-likeness (QED) is 0.826. The first-order valence-electron chi connectivity index (χ1n) is 7.84. The summed E-state index contributed by atoms with van der Waals surface area (Å²) in [5.41, 5.74) is 0.549. The van der Waals surface area contributed by atoms with E-state index in [1.165, 1.54) is 4.88 Å². The van der Waals surface area contributed by atoms with E-state index in [-0.39, 0.29) is 11.9 Å². The lowest BCUT2D eigenvalue weighted by Crippen LogP contribution is -2.30. The molecule has 0 N–H and O–H groups in total. The summed E-state index contributed by atoms with van der Waals surface area (Å²) in [7, 11) is 4.65. The number of methoxy groups -OCH3 is 3. The zero-order chi connectivity index (χ0) is 17.1. The monoisotopic (exact) mass is 347 g/mol. The molecule has 0 saturated carbocycles. The Hall–Kier alpha value is -2.21. The Morgan fingerprint density at radius 3 is 2.42 bits per heavy atom. The van der Waals surface area contributed by atoms with E-state index in [1.807, 2.05) is 11.0 Å². The van der Waals surface area contributed by atoms with E-state index in [9.17, 15) is 4.79 Å². The van der Waals surface area contributed by atoms with Gasteiger partial charge in [0.2, 0.25) is 5.75 Å². The highest BCUT2D eigenvalue weighted by Crippen LogP contribution is 2.40. The predicted octanol–water partition coefficient (Wildman–Crippen LogP) is 3.75. The van der Waals surface area contributed by atoms with Crippen LogP contribution in [0.2, 0.25) is 0 Å². The van der Waals surface area contributed by atoms with Crippen molar-refractivity contribution >= 4 is 17.2 Å². The third-order valence-corrected chi connectivity index (χ3v) is 5.27. The van der Waals surface area contributed by atoms with Gasteiger partial charge in [0.15, 0.2) is 11.5 Å². The van der Waals surface area contributed by atoms with Crippen molar-refractivity contribution in [1.29, 1.82) is 0 Å². The largest absolute Gasteiger partial charge is 0.493 e. The molecule has 5 nitrogen and oxygen atoms in total. The van der Waals surface area contributed by atoms with Crippen molar-refractivity contribution in [2.75, 3.05) is 27.9 Å². The van der Waals surface area contributed by atoms with Crippen LogP contribution in [0, 0.1) is 0 Å². The van der Waals surface area contributed by atoms with E-state index in [4.69, 9.17) is 14.2 Å². The molecule has 0 bridgehead atoms. The highest BCUT2D eigenvalue weighted by Gasteiger charge is 2.32. The van der Waals surface area contributed by atoms with E-state index in [1.54, 1.807) is 44.8 Å². The molecule has 3 rings (SSSR count). The number of hydrogen-bond donors (Lipinski definition) is 0. The normalized spacial score (nSPS) is 17.0. The zero-order valence-electron chi connectivity index (χ0n) is 14.1. The van der Waals surface area contributed by atoms with Crippen molar-refractivity contribution in [3.8, 4) is 17.2 Å². The van der Waals surface area contributed by atoms with Gasteiger partial charge in [-0.3, -0.25) is 4.79 Å². The van der Waals surface area contributed by atoms with Gasteiger partial charge in [-0.15, -0.1) is 11.3 Å². The average molecular weight is 347 g/mol. The third-order valence-electron chi connectivity index (χ3n) is 4.30. The molecule has 0 spiro atoms. The highest BCUT2D eigenvalue weighted by atomic mass is 32.1. The van der Waals surface area contributed by atoms with Crippen LogP contribution in [0.5, 0.6) is 17.2 Å². The summed E-state index contributed by atoms with van der Waals surface area (Å²) in [6.07, 6.45) is 2.01. The lowest BCUT2D eigenvalue weighted by Gasteiger charge is -2.24. The number of nitrogens with zero attached hydrogens (tertiary/aromatic N) is 1. The summed E-state index contributed by atoms with van der Waals surface area (Å²) in [6, 6.07) is 7.70. The SMILES string of the molecule is COc1cc(C(=O)N2CCCC2c2cccs2)cc(OC)c1OC. The van der Waals surface area contributed by atoms with Gasteiger partial charge in [0.1, 0.15) is 0 Å². The van der Waals surface area contributed by atoms with E-state index in [0.29, 0.717) is 22.8 Å². The van der Waals surface area contributed by atoms with E-state index in [2.05, 4.69) is 11.4 Å². The lowest BCUT2D eigenvalue weighted by molar-refractivity contribution is 0.0737.